The summed E-state index contributed by atoms with van der Waals surface area (Å²) >= 11 is 0. The van der Waals surface area contributed by atoms with Crippen LogP contribution < -0.4 is 5.32 Å². The number of nitrogens with zero attached hydrogens (tertiary/aromatic N) is 1. The summed E-state index contributed by atoms with van der Waals surface area (Å²) in [4.78, 5) is 15.9. The van der Waals surface area contributed by atoms with Crippen LogP contribution in [-0.2, 0) is 17.8 Å². The van der Waals surface area contributed by atoms with Crippen molar-refractivity contribution >= 4 is 5.91 Å². The number of hydrogen-bond acceptors (Lipinski definition) is 3. The van der Waals surface area contributed by atoms with Gasteiger partial charge in [-0.05, 0) is 38.0 Å². The molecule has 0 bridgehead atoms. The lowest BCUT2D eigenvalue weighted by atomic mass is 10.1. The number of aryl methyl sites for hydroxylation is 3. The van der Waals surface area contributed by atoms with Gasteiger partial charge in [-0.25, -0.2) is 9.37 Å². The predicted octanol–water partition coefficient (Wildman–Crippen LogP) is 2.68. The molecule has 0 radical (unpaired) electrons. The molecule has 1 aromatic heterocycles. The summed E-state index contributed by atoms with van der Waals surface area (Å²) in [6.07, 6.45) is 0.815. The second kappa shape index (κ2) is 6.32. The highest BCUT2D eigenvalue weighted by molar-refractivity contribution is 5.76. The molecule has 0 fully saturated rings. The third kappa shape index (κ3) is 3.91. The molecule has 1 N–H and O–H groups in total. The van der Waals surface area contributed by atoms with E-state index in [9.17, 15) is 9.18 Å². The zero-order valence-electron chi connectivity index (χ0n) is 11.6. The van der Waals surface area contributed by atoms with Crippen LogP contribution in [0.1, 0.15) is 29.3 Å². The fourth-order valence-corrected chi connectivity index (χ4v) is 1.83. The third-order valence-corrected chi connectivity index (χ3v) is 3.04. The monoisotopic (exact) mass is 276 g/mol. The van der Waals surface area contributed by atoms with Gasteiger partial charge in [0.05, 0.1) is 12.2 Å². The molecule has 0 spiro atoms. The van der Waals surface area contributed by atoms with E-state index in [-0.39, 0.29) is 18.3 Å². The van der Waals surface area contributed by atoms with Gasteiger partial charge in [0.2, 0.25) is 11.8 Å². The minimum Gasteiger partial charge on any atom is -0.444 e. The molecule has 2 aromatic rings. The Labute approximate surface area is 117 Å². The quantitative estimate of drug-likeness (QED) is 0.913. The Morgan fingerprint density at radius 1 is 1.40 bits per heavy atom. The summed E-state index contributed by atoms with van der Waals surface area (Å²) < 4.78 is 18.3. The minimum atomic E-state index is -0.284. The highest BCUT2D eigenvalue weighted by atomic mass is 19.1. The first-order valence-electron chi connectivity index (χ1n) is 6.48. The largest absolute Gasteiger partial charge is 0.444 e. The molecule has 106 valence electrons. The highest BCUT2D eigenvalue weighted by Crippen LogP contribution is 2.08. The smallest absolute Gasteiger partial charge is 0.220 e. The number of rotatable bonds is 5. The van der Waals surface area contributed by atoms with Gasteiger partial charge in [0.1, 0.15) is 11.6 Å². The van der Waals surface area contributed by atoms with E-state index in [4.69, 9.17) is 4.42 Å². The van der Waals surface area contributed by atoms with Crippen LogP contribution in [0.15, 0.2) is 28.7 Å². The topological polar surface area (TPSA) is 55.1 Å². The zero-order valence-corrected chi connectivity index (χ0v) is 11.6. The maximum absolute atomic E-state index is 13.0. The molecular weight excluding hydrogens is 259 g/mol. The molecule has 0 aliphatic carbocycles. The highest BCUT2D eigenvalue weighted by Gasteiger charge is 2.08. The van der Waals surface area contributed by atoms with Crippen LogP contribution in [0.3, 0.4) is 0 Å². The van der Waals surface area contributed by atoms with Crippen LogP contribution in [0.2, 0.25) is 0 Å². The molecule has 4 nitrogen and oxygen atoms in total. The van der Waals surface area contributed by atoms with E-state index in [1.807, 2.05) is 13.8 Å². The van der Waals surface area contributed by atoms with E-state index in [0.717, 1.165) is 17.0 Å². The van der Waals surface area contributed by atoms with Crippen molar-refractivity contribution in [2.75, 3.05) is 0 Å². The van der Waals surface area contributed by atoms with Crippen molar-refractivity contribution in [3.8, 4) is 0 Å². The van der Waals surface area contributed by atoms with E-state index < -0.39 is 0 Å². The van der Waals surface area contributed by atoms with Crippen molar-refractivity contribution in [3.63, 3.8) is 0 Å². The number of oxazole rings is 1. The lowest BCUT2D eigenvalue weighted by Crippen LogP contribution is -2.23. The van der Waals surface area contributed by atoms with Crippen molar-refractivity contribution in [3.05, 3.63) is 53.0 Å². The van der Waals surface area contributed by atoms with Gasteiger partial charge in [0, 0.05) is 6.42 Å². The Hall–Kier alpha value is -2.17. The van der Waals surface area contributed by atoms with Gasteiger partial charge in [0.25, 0.3) is 0 Å². The fourth-order valence-electron chi connectivity index (χ4n) is 1.83. The standard InChI is InChI=1S/C15H17FN2O2/c1-10-11(2)20-15(18-10)9-17-14(19)7-6-12-4-3-5-13(16)8-12/h3-5,8H,6-7,9H2,1-2H3,(H,17,19). The Morgan fingerprint density at radius 2 is 2.20 bits per heavy atom. The second-order valence-electron chi connectivity index (χ2n) is 4.66. The van der Waals surface area contributed by atoms with E-state index in [0.29, 0.717) is 18.7 Å². The average Bonchev–Trinajstić information content (AvgIpc) is 2.73. The van der Waals surface area contributed by atoms with Crippen LogP contribution in [0.25, 0.3) is 0 Å². The lowest BCUT2D eigenvalue weighted by molar-refractivity contribution is -0.121. The minimum absolute atomic E-state index is 0.109. The molecule has 1 amide bonds. The van der Waals surface area contributed by atoms with Crippen LogP contribution in [0.4, 0.5) is 4.39 Å². The van der Waals surface area contributed by atoms with E-state index >= 15 is 0 Å². The van der Waals surface area contributed by atoms with Gasteiger partial charge < -0.3 is 9.73 Å². The van der Waals surface area contributed by atoms with Crippen molar-refractivity contribution in [2.24, 2.45) is 0 Å². The Bertz CT molecular complexity index is 588. The number of halogens is 1. The van der Waals surface area contributed by atoms with Crippen molar-refractivity contribution < 1.29 is 13.6 Å². The van der Waals surface area contributed by atoms with Gasteiger partial charge in [-0.1, -0.05) is 12.1 Å². The molecule has 20 heavy (non-hydrogen) atoms. The summed E-state index contributed by atoms with van der Waals surface area (Å²) in [5.74, 6) is 0.865. The number of amides is 1. The predicted molar refractivity (Wildman–Crippen MR) is 72.5 cm³/mol. The number of aromatic nitrogens is 1. The first-order chi connectivity index (χ1) is 9.54. The number of carbonyl (C=O) groups excluding carboxylic acids is 1. The average molecular weight is 276 g/mol. The number of benzene rings is 1. The second-order valence-corrected chi connectivity index (χ2v) is 4.66. The molecule has 1 heterocycles. The number of hydrogen-bond donors (Lipinski definition) is 1. The third-order valence-electron chi connectivity index (χ3n) is 3.04. The SMILES string of the molecule is Cc1nc(CNC(=O)CCc2cccc(F)c2)oc1C. The molecule has 2 rings (SSSR count). The summed E-state index contributed by atoms with van der Waals surface area (Å²) in [5, 5.41) is 2.74. The van der Waals surface area contributed by atoms with Crippen molar-refractivity contribution in [2.45, 2.75) is 33.2 Å². The zero-order chi connectivity index (χ0) is 14.5. The summed E-state index contributed by atoms with van der Waals surface area (Å²) in [7, 11) is 0. The first kappa shape index (κ1) is 14.2. The maximum atomic E-state index is 13.0. The van der Waals surface area contributed by atoms with Gasteiger partial charge in [-0.2, -0.15) is 0 Å². The Balaban J connectivity index is 1.78. The van der Waals surface area contributed by atoms with E-state index in [1.165, 1.54) is 12.1 Å². The lowest BCUT2D eigenvalue weighted by Gasteiger charge is -2.03. The Morgan fingerprint density at radius 3 is 2.85 bits per heavy atom. The van der Waals surface area contributed by atoms with Crippen LogP contribution in [0.5, 0.6) is 0 Å². The molecule has 0 aliphatic heterocycles. The molecule has 0 unspecified atom stereocenters. The molecule has 0 saturated carbocycles. The summed E-state index contributed by atoms with van der Waals surface area (Å²) in [6.45, 7) is 3.96. The molecule has 0 atom stereocenters. The molecule has 1 aromatic carbocycles. The maximum Gasteiger partial charge on any atom is 0.220 e. The summed E-state index contributed by atoms with van der Waals surface area (Å²) in [5.41, 5.74) is 1.64. The number of nitrogens with one attached hydrogen (secondary N) is 1. The van der Waals surface area contributed by atoms with Crippen LogP contribution in [-0.4, -0.2) is 10.9 Å². The van der Waals surface area contributed by atoms with Gasteiger partial charge in [-0.3, -0.25) is 4.79 Å². The van der Waals surface area contributed by atoms with Crippen molar-refractivity contribution in [1.82, 2.24) is 10.3 Å². The molecule has 0 saturated heterocycles. The normalized spacial score (nSPS) is 10.6. The van der Waals surface area contributed by atoms with Gasteiger partial charge in [0.15, 0.2) is 0 Å². The molecular formula is C15H17FN2O2. The van der Waals surface area contributed by atoms with Crippen LogP contribution >= 0.6 is 0 Å². The fraction of sp³-hybridized carbons (Fsp3) is 0.333. The Kier molecular flexibility index (Phi) is 4.50. The van der Waals surface area contributed by atoms with E-state index in [1.54, 1.807) is 12.1 Å². The molecule has 0 aliphatic rings. The number of carbonyl (C=O) groups is 1. The van der Waals surface area contributed by atoms with Gasteiger partial charge in [-0.15, -0.1) is 0 Å². The summed E-state index contributed by atoms with van der Waals surface area (Å²) in [6, 6.07) is 6.27. The van der Waals surface area contributed by atoms with E-state index in [2.05, 4.69) is 10.3 Å². The first-order valence-corrected chi connectivity index (χ1v) is 6.48. The van der Waals surface area contributed by atoms with Crippen molar-refractivity contribution in [1.29, 1.82) is 0 Å². The van der Waals surface area contributed by atoms with Gasteiger partial charge >= 0.3 is 0 Å². The molecule has 5 heteroatoms. The van der Waals surface area contributed by atoms with Crippen LogP contribution in [0, 0.1) is 19.7 Å².